The first kappa shape index (κ1) is 10.5. The van der Waals surface area contributed by atoms with E-state index in [4.69, 9.17) is 10.2 Å². The first-order chi connectivity index (χ1) is 7.51. The van der Waals surface area contributed by atoms with Crippen molar-refractivity contribution in [1.29, 1.82) is 0 Å². The number of anilines is 1. The maximum absolute atomic E-state index is 9.79. The Kier molecular flexibility index (Phi) is 2.30. The number of phenolic OH excluding ortho intramolecular Hbond substituents is 1. The fraction of sp³-hybridized carbons (Fsp3) is 0.273. The van der Waals surface area contributed by atoms with Crippen LogP contribution in [0.4, 0.5) is 6.01 Å². The molecule has 0 saturated carbocycles. The van der Waals surface area contributed by atoms with Gasteiger partial charge in [-0.2, -0.15) is 0 Å². The van der Waals surface area contributed by atoms with Crippen LogP contribution < -0.4 is 5.73 Å². The minimum Gasteiger partial charge on any atom is -0.508 e. The second-order valence-electron chi connectivity index (χ2n) is 4.09. The van der Waals surface area contributed by atoms with Gasteiger partial charge in [0, 0.05) is 5.56 Å². The number of aromatic hydroxyl groups is 1. The molecule has 0 radical (unpaired) electrons. The molecule has 0 atom stereocenters. The fourth-order valence-electron chi connectivity index (χ4n) is 1.60. The maximum atomic E-state index is 9.79. The van der Waals surface area contributed by atoms with Crippen LogP contribution in [0, 0.1) is 0 Å². The number of hydrogen-bond acceptors (Lipinski definition) is 5. The minimum atomic E-state index is -0.573. The first-order valence-corrected chi connectivity index (χ1v) is 4.90. The predicted molar refractivity (Wildman–Crippen MR) is 58.9 cm³/mol. The third-order valence-electron chi connectivity index (χ3n) is 2.55. The highest BCUT2D eigenvalue weighted by atomic mass is 16.4. The van der Waals surface area contributed by atoms with Crippen LogP contribution >= 0.6 is 0 Å². The summed E-state index contributed by atoms with van der Waals surface area (Å²) in [5, 5.41) is 17.3. The average molecular weight is 219 g/mol. The summed E-state index contributed by atoms with van der Waals surface area (Å²) in [6.45, 7) is 3.77. The van der Waals surface area contributed by atoms with Crippen molar-refractivity contribution >= 4 is 6.01 Å². The molecule has 0 saturated heterocycles. The summed E-state index contributed by atoms with van der Waals surface area (Å²) in [4.78, 5) is 0. The van der Waals surface area contributed by atoms with E-state index in [1.54, 1.807) is 12.1 Å². The van der Waals surface area contributed by atoms with Gasteiger partial charge in [-0.05, 0) is 19.9 Å². The lowest BCUT2D eigenvalue weighted by Crippen LogP contribution is -2.19. The van der Waals surface area contributed by atoms with Crippen LogP contribution in [-0.4, -0.2) is 15.3 Å². The van der Waals surface area contributed by atoms with Gasteiger partial charge in [-0.25, -0.2) is 0 Å². The topological polar surface area (TPSA) is 85.2 Å². The van der Waals surface area contributed by atoms with Crippen molar-refractivity contribution in [3.05, 3.63) is 35.7 Å². The number of hydrogen-bond donors (Lipinski definition) is 2. The number of phenols is 1. The molecule has 1 aromatic carbocycles. The summed E-state index contributed by atoms with van der Waals surface area (Å²) in [7, 11) is 0. The van der Waals surface area contributed by atoms with Crippen LogP contribution in [0.5, 0.6) is 5.75 Å². The van der Waals surface area contributed by atoms with Crippen molar-refractivity contribution in [3.8, 4) is 5.75 Å². The molecule has 0 fully saturated rings. The number of rotatable bonds is 2. The smallest absolute Gasteiger partial charge is 0.312 e. The van der Waals surface area contributed by atoms with Gasteiger partial charge in [0.25, 0.3) is 0 Å². The van der Waals surface area contributed by atoms with E-state index in [0.717, 1.165) is 5.56 Å². The lowest BCUT2D eigenvalue weighted by molar-refractivity contribution is 0.399. The largest absolute Gasteiger partial charge is 0.508 e. The van der Waals surface area contributed by atoms with Crippen LogP contribution in [0.25, 0.3) is 0 Å². The number of aromatic nitrogens is 2. The Balaban J connectivity index is 2.50. The molecule has 84 valence electrons. The predicted octanol–water partition coefficient (Wildman–Crippen LogP) is 1.68. The zero-order valence-electron chi connectivity index (χ0n) is 9.14. The molecule has 5 nitrogen and oxygen atoms in total. The third kappa shape index (κ3) is 1.60. The summed E-state index contributed by atoms with van der Waals surface area (Å²) in [5.41, 5.74) is 5.54. The third-order valence-corrected chi connectivity index (χ3v) is 2.55. The number of nitrogens with two attached hydrogens (primary N) is 1. The molecule has 0 amide bonds. The van der Waals surface area contributed by atoms with Crippen LogP contribution in [0.2, 0.25) is 0 Å². The van der Waals surface area contributed by atoms with Crippen molar-refractivity contribution < 1.29 is 9.52 Å². The number of para-hydroxylation sites is 1. The Morgan fingerprint density at radius 2 is 1.94 bits per heavy atom. The van der Waals surface area contributed by atoms with E-state index in [0.29, 0.717) is 5.89 Å². The SMILES string of the molecule is CC(C)(c1nnc(N)o1)c1ccccc1O. The molecular weight excluding hydrogens is 206 g/mol. The summed E-state index contributed by atoms with van der Waals surface area (Å²) >= 11 is 0. The molecule has 0 bridgehead atoms. The number of nitrogens with zero attached hydrogens (tertiary/aromatic N) is 2. The summed E-state index contributed by atoms with van der Waals surface area (Å²) in [6, 6.07) is 7.07. The highest BCUT2D eigenvalue weighted by Gasteiger charge is 2.31. The van der Waals surface area contributed by atoms with E-state index in [1.807, 2.05) is 26.0 Å². The fourth-order valence-corrected chi connectivity index (χ4v) is 1.60. The van der Waals surface area contributed by atoms with Crippen LogP contribution in [0.15, 0.2) is 28.7 Å². The summed E-state index contributed by atoms with van der Waals surface area (Å²) in [6.07, 6.45) is 0. The van der Waals surface area contributed by atoms with Crippen LogP contribution in [-0.2, 0) is 5.41 Å². The molecule has 0 aliphatic carbocycles. The van der Waals surface area contributed by atoms with Gasteiger partial charge in [-0.3, -0.25) is 0 Å². The van der Waals surface area contributed by atoms with Crippen molar-refractivity contribution in [3.63, 3.8) is 0 Å². The van der Waals surface area contributed by atoms with Gasteiger partial charge < -0.3 is 15.3 Å². The standard InChI is InChI=1S/C11H13N3O2/c1-11(2,9-13-14-10(12)16-9)7-5-3-4-6-8(7)15/h3-6,15H,1-2H3,(H2,12,14). The van der Waals surface area contributed by atoms with Gasteiger partial charge in [0.15, 0.2) is 0 Å². The van der Waals surface area contributed by atoms with Crippen LogP contribution in [0.1, 0.15) is 25.3 Å². The Labute approximate surface area is 92.9 Å². The van der Waals surface area contributed by atoms with Crippen molar-refractivity contribution in [2.75, 3.05) is 5.73 Å². The molecule has 0 spiro atoms. The second kappa shape index (κ2) is 3.52. The van der Waals surface area contributed by atoms with E-state index < -0.39 is 5.41 Å². The van der Waals surface area contributed by atoms with Crippen molar-refractivity contribution in [1.82, 2.24) is 10.2 Å². The monoisotopic (exact) mass is 219 g/mol. The zero-order chi connectivity index (χ0) is 11.8. The lowest BCUT2D eigenvalue weighted by atomic mass is 9.84. The normalized spacial score (nSPS) is 11.6. The molecule has 0 aliphatic heterocycles. The molecule has 1 aromatic heterocycles. The van der Waals surface area contributed by atoms with Crippen molar-refractivity contribution in [2.45, 2.75) is 19.3 Å². The Hall–Kier alpha value is -2.04. The van der Waals surface area contributed by atoms with Crippen LogP contribution in [0.3, 0.4) is 0 Å². The van der Waals surface area contributed by atoms with E-state index in [1.165, 1.54) is 0 Å². The van der Waals surface area contributed by atoms with Gasteiger partial charge in [0.2, 0.25) is 5.89 Å². The number of nitrogen functional groups attached to an aromatic ring is 1. The highest BCUT2D eigenvalue weighted by Crippen LogP contribution is 2.35. The second-order valence-corrected chi connectivity index (χ2v) is 4.09. The molecular formula is C11H13N3O2. The van der Waals surface area contributed by atoms with Gasteiger partial charge in [-0.1, -0.05) is 23.3 Å². The molecule has 2 aromatic rings. The molecule has 5 heteroatoms. The summed E-state index contributed by atoms with van der Waals surface area (Å²) in [5.74, 6) is 0.579. The Morgan fingerprint density at radius 3 is 2.50 bits per heavy atom. The van der Waals surface area contributed by atoms with E-state index in [-0.39, 0.29) is 11.8 Å². The molecule has 16 heavy (non-hydrogen) atoms. The van der Waals surface area contributed by atoms with Crippen molar-refractivity contribution in [2.24, 2.45) is 0 Å². The zero-order valence-corrected chi connectivity index (χ0v) is 9.14. The van der Waals surface area contributed by atoms with Gasteiger partial charge in [-0.15, -0.1) is 5.10 Å². The lowest BCUT2D eigenvalue weighted by Gasteiger charge is -2.21. The molecule has 1 heterocycles. The maximum Gasteiger partial charge on any atom is 0.312 e. The van der Waals surface area contributed by atoms with E-state index >= 15 is 0 Å². The molecule has 0 aliphatic rings. The number of benzene rings is 1. The average Bonchev–Trinajstić information content (AvgIpc) is 2.66. The molecule has 2 rings (SSSR count). The first-order valence-electron chi connectivity index (χ1n) is 4.90. The Bertz CT molecular complexity index is 505. The van der Waals surface area contributed by atoms with Gasteiger partial charge >= 0.3 is 6.01 Å². The van der Waals surface area contributed by atoms with E-state index in [9.17, 15) is 5.11 Å². The quantitative estimate of drug-likeness (QED) is 0.802. The van der Waals surface area contributed by atoms with Gasteiger partial charge in [0.05, 0.1) is 5.41 Å². The minimum absolute atomic E-state index is 0.0264. The Morgan fingerprint density at radius 1 is 1.25 bits per heavy atom. The van der Waals surface area contributed by atoms with Gasteiger partial charge in [0.1, 0.15) is 5.75 Å². The highest BCUT2D eigenvalue weighted by molar-refractivity contribution is 5.41. The molecule has 0 unspecified atom stereocenters. The summed E-state index contributed by atoms with van der Waals surface area (Å²) < 4.78 is 5.20. The molecule has 3 N–H and O–H groups in total. The van der Waals surface area contributed by atoms with E-state index in [2.05, 4.69) is 10.2 Å².